The van der Waals surface area contributed by atoms with E-state index < -0.39 is 11.5 Å². The van der Waals surface area contributed by atoms with Gasteiger partial charge in [-0.05, 0) is 13.8 Å². The number of ether oxygens (including phenoxy) is 1. The molecule has 4 heteroatoms. The van der Waals surface area contributed by atoms with Crippen LogP contribution in [0.15, 0.2) is 4.99 Å². The van der Waals surface area contributed by atoms with Crippen LogP contribution in [0.4, 0.5) is 0 Å². The molecule has 0 aromatic carbocycles. The molecule has 1 aliphatic heterocycles. The van der Waals surface area contributed by atoms with Gasteiger partial charge in [0.2, 0.25) is 0 Å². The molecule has 0 amide bonds. The van der Waals surface area contributed by atoms with Crippen LogP contribution in [0.2, 0.25) is 0 Å². The fourth-order valence-corrected chi connectivity index (χ4v) is 1.22. The van der Waals surface area contributed by atoms with Gasteiger partial charge >= 0.3 is 5.97 Å². The number of rotatable bonds is 2. The van der Waals surface area contributed by atoms with Gasteiger partial charge in [-0.2, -0.15) is 0 Å². The van der Waals surface area contributed by atoms with Gasteiger partial charge in [-0.15, -0.1) is 0 Å². The zero-order valence-electron chi connectivity index (χ0n) is 9.13. The molecule has 1 aliphatic rings. The molecule has 0 radical (unpaired) electrons. The summed E-state index contributed by atoms with van der Waals surface area (Å²) >= 11 is 0. The quantitative estimate of drug-likeness (QED) is 0.736. The first-order chi connectivity index (χ1) is 6.23. The molecule has 0 unspecified atom stereocenters. The Hall–Kier alpha value is -1.06. The predicted molar refractivity (Wildman–Crippen MR) is 53.5 cm³/mol. The molecule has 1 rings (SSSR count). The number of hydrogen-bond donors (Lipinski definition) is 1. The van der Waals surface area contributed by atoms with Gasteiger partial charge in [-0.1, -0.05) is 13.8 Å². The lowest BCUT2D eigenvalue weighted by molar-refractivity contribution is -0.141. The summed E-state index contributed by atoms with van der Waals surface area (Å²) in [5.41, 5.74) is -1.01. The van der Waals surface area contributed by atoms with Crippen LogP contribution in [0.1, 0.15) is 34.1 Å². The Balaban J connectivity index is 2.76. The zero-order chi connectivity index (χ0) is 11.0. The Kier molecular flexibility index (Phi) is 2.56. The van der Waals surface area contributed by atoms with Crippen LogP contribution in [0, 0.1) is 5.41 Å². The largest absolute Gasteiger partial charge is 0.480 e. The number of aliphatic carboxylic acids is 1. The van der Waals surface area contributed by atoms with E-state index in [1.165, 1.54) is 0 Å². The van der Waals surface area contributed by atoms with E-state index in [9.17, 15) is 4.79 Å². The molecule has 4 nitrogen and oxygen atoms in total. The Morgan fingerprint density at radius 2 is 2.14 bits per heavy atom. The van der Waals surface area contributed by atoms with E-state index >= 15 is 0 Å². The van der Waals surface area contributed by atoms with Gasteiger partial charge in [0, 0.05) is 11.8 Å². The maximum absolute atomic E-state index is 10.8. The lowest BCUT2D eigenvalue weighted by atomic mass is 9.93. The van der Waals surface area contributed by atoms with Crippen LogP contribution in [0.5, 0.6) is 0 Å². The van der Waals surface area contributed by atoms with Crippen molar-refractivity contribution in [1.82, 2.24) is 0 Å². The van der Waals surface area contributed by atoms with Crippen molar-refractivity contribution in [2.24, 2.45) is 10.4 Å². The third-order valence-corrected chi connectivity index (χ3v) is 2.19. The molecule has 0 atom stereocenters. The van der Waals surface area contributed by atoms with Crippen molar-refractivity contribution >= 4 is 11.9 Å². The zero-order valence-corrected chi connectivity index (χ0v) is 9.13. The monoisotopic (exact) mass is 199 g/mol. The Labute approximate surface area is 84.0 Å². The van der Waals surface area contributed by atoms with Crippen molar-refractivity contribution in [3.63, 3.8) is 0 Å². The van der Waals surface area contributed by atoms with Gasteiger partial charge in [0.25, 0.3) is 0 Å². The third-order valence-electron chi connectivity index (χ3n) is 2.19. The lowest BCUT2D eigenvalue weighted by Crippen LogP contribution is -2.30. The number of aliphatic imine (C=N–C) groups is 1. The highest BCUT2D eigenvalue weighted by atomic mass is 16.5. The van der Waals surface area contributed by atoms with Crippen LogP contribution in [0.3, 0.4) is 0 Å². The third kappa shape index (κ3) is 2.47. The first-order valence-electron chi connectivity index (χ1n) is 4.68. The van der Waals surface area contributed by atoms with Gasteiger partial charge in [0.1, 0.15) is 0 Å². The second-order valence-corrected chi connectivity index (χ2v) is 5.00. The minimum Gasteiger partial charge on any atom is -0.480 e. The number of carboxylic acids is 1. The van der Waals surface area contributed by atoms with Crippen LogP contribution < -0.4 is 0 Å². The fraction of sp³-hybridized carbons (Fsp3) is 0.800. The second kappa shape index (κ2) is 3.26. The average molecular weight is 199 g/mol. The minimum atomic E-state index is -1.09. The van der Waals surface area contributed by atoms with Crippen LogP contribution >= 0.6 is 0 Å². The molecule has 14 heavy (non-hydrogen) atoms. The number of nitrogens with zero attached hydrogens (tertiary/aromatic N) is 1. The summed E-state index contributed by atoms with van der Waals surface area (Å²) in [6, 6.07) is 0. The van der Waals surface area contributed by atoms with Crippen LogP contribution in [-0.4, -0.2) is 29.1 Å². The Bertz CT molecular complexity index is 279. The van der Waals surface area contributed by atoms with Crippen molar-refractivity contribution in [2.45, 2.75) is 39.7 Å². The van der Waals surface area contributed by atoms with Crippen molar-refractivity contribution in [2.75, 3.05) is 6.61 Å². The number of carbonyl (C=O) groups is 1. The highest BCUT2D eigenvalue weighted by Crippen LogP contribution is 2.29. The van der Waals surface area contributed by atoms with Crippen molar-refractivity contribution in [3.8, 4) is 0 Å². The number of carboxylic acid groups (broad SMARTS) is 1. The van der Waals surface area contributed by atoms with E-state index in [4.69, 9.17) is 9.84 Å². The second-order valence-electron chi connectivity index (χ2n) is 5.00. The summed E-state index contributed by atoms with van der Waals surface area (Å²) in [4.78, 5) is 14.9. The summed E-state index contributed by atoms with van der Waals surface area (Å²) in [6.45, 7) is 7.89. The van der Waals surface area contributed by atoms with E-state index in [-0.39, 0.29) is 5.41 Å². The summed E-state index contributed by atoms with van der Waals surface area (Å²) in [5, 5.41) is 8.87. The predicted octanol–water partition coefficient (Wildman–Crippen LogP) is 1.69. The molecule has 0 saturated carbocycles. The summed E-state index contributed by atoms with van der Waals surface area (Å²) in [5.74, 6) is -0.374. The molecule has 0 spiro atoms. The highest BCUT2D eigenvalue weighted by molar-refractivity contribution is 5.85. The molecule has 1 fully saturated rings. The normalized spacial score (nSPS) is 23.6. The maximum Gasteiger partial charge on any atom is 0.331 e. The molecule has 1 heterocycles. The molecule has 0 aromatic rings. The number of hydrogen-bond acceptors (Lipinski definition) is 3. The molecular weight excluding hydrogens is 182 g/mol. The molecule has 0 aromatic heterocycles. The molecule has 0 bridgehead atoms. The Morgan fingerprint density at radius 1 is 1.57 bits per heavy atom. The maximum atomic E-state index is 10.8. The topological polar surface area (TPSA) is 58.9 Å². The summed E-state index contributed by atoms with van der Waals surface area (Å²) in [7, 11) is 0. The SMILES string of the molecule is CC1(C)COC(=NC(C)(C)C(=O)O)C1. The first kappa shape index (κ1) is 11.0. The van der Waals surface area contributed by atoms with E-state index in [1.54, 1.807) is 13.8 Å². The van der Waals surface area contributed by atoms with E-state index in [0.29, 0.717) is 18.9 Å². The van der Waals surface area contributed by atoms with Gasteiger partial charge < -0.3 is 9.84 Å². The summed E-state index contributed by atoms with van der Waals surface area (Å²) in [6.07, 6.45) is 0.712. The fourth-order valence-electron chi connectivity index (χ4n) is 1.22. The highest BCUT2D eigenvalue weighted by Gasteiger charge is 2.33. The molecule has 0 aliphatic carbocycles. The minimum absolute atomic E-state index is 0.0768. The van der Waals surface area contributed by atoms with Gasteiger partial charge in [0.15, 0.2) is 11.4 Å². The first-order valence-corrected chi connectivity index (χ1v) is 4.68. The molecule has 1 N–H and O–H groups in total. The van der Waals surface area contributed by atoms with Gasteiger partial charge in [-0.25, -0.2) is 9.79 Å². The van der Waals surface area contributed by atoms with E-state index in [1.807, 2.05) is 0 Å². The molecular formula is C10H17NO3. The van der Waals surface area contributed by atoms with E-state index in [2.05, 4.69) is 18.8 Å². The molecule has 80 valence electrons. The summed E-state index contributed by atoms with van der Waals surface area (Å²) < 4.78 is 5.34. The smallest absolute Gasteiger partial charge is 0.331 e. The lowest BCUT2D eigenvalue weighted by Gasteiger charge is -2.14. The van der Waals surface area contributed by atoms with Gasteiger partial charge in [0.05, 0.1) is 6.61 Å². The van der Waals surface area contributed by atoms with Crippen molar-refractivity contribution in [3.05, 3.63) is 0 Å². The average Bonchev–Trinajstić information content (AvgIpc) is 2.28. The van der Waals surface area contributed by atoms with Crippen molar-refractivity contribution < 1.29 is 14.6 Å². The standard InChI is InChI=1S/C10H17NO3/c1-9(2)5-7(14-6-9)11-10(3,4)8(12)13/h5-6H2,1-4H3,(H,12,13). The Morgan fingerprint density at radius 3 is 2.50 bits per heavy atom. The van der Waals surface area contributed by atoms with Crippen molar-refractivity contribution in [1.29, 1.82) is 0 Å². The van der Waals surface area contributed by atoms with Gasteiger partial charge in [-0.3, -0.25) is 0 Å². The van der Waals surface area contributed by atoms with E-state index in [0.717, 1.165) is 0 Å². The molecule has 1 saturated heterocycles. The van der Waals surface area contributed by atoms with Crippen LogP contribution in [0.25, 0.3) is 0 Å². The van der Waals surface area contributed by atoms with Crippen LogP contribution in [-0.2, 0) is 9.53 Å².